The second-order valence-electron chi connectivity index (χ2n) is 2.50. The van der Waals surface area contributed by atoms with Crippen LogP contribution in [0, 0.1) is 0 Å². The summed E-state index contributed by atoms with van der Waals surface area (Å²) in [4.78, 5) is 0. The van der Waals surface area contributed by atoms with Crippen LogP contribution in [0.3, 0.4) is 0 Å². The highest BCUT2D eigenvalue weighted by Gasteiger charge is 1.91. The zero-order valence-corrected chi connectivity index (χ0v) is 11.0. The highest BCUT2D eigenvalue weighted by molar-refractivity contribution is 9.23. The Balaban J connectivity index is 2.65. The van der Waals surface area contributed by atoms with Gasteiger partial charge in [0.2, 0.25) is 0 Å². The summed E-state index contributed by atoms with van der Waals surface area (Å²) < 4.78 is 1.48. The molecule has 58 valence electrons. The summed E-state index contributed by atoms with van der Waals surface area (Å²) in [5.74, 6) is 0. The zero-order chi connectivity index (χ0) is 7.66. The molecule has 0 unspecified atom stereocenters. The van der Waals surface area contributed by atoms with E-state index in [0.29, 0.717) is 0 Å². The maximum atomic E-state index is 3.56. The molecule has 0 heterocycles. The molecule has 0 N–H and O–H groups in total. The Bertz CT molecular complexity index is 51.6. The third-order valence-corrected chi connectivity index (χ3v) is 4.53. The van der Waals surface area contributed by atoms with Crippen LogP contribution in [0.4, 0.5) is 0 Å². The van der Waals surface area contributed by atoms with Gasteiger partial charge in [0.15, 0.2) is 0 Å². The molecule has 0 aliphatic heterocycles. The first-order valence-electron chi connectivity index (χ1n) is 4.03. The quantitative estimate of drug-likeness (QED) is 0.379. The Labute approximate surface area is 88.2 Å². The van der Waals surface area contributed by atoms with Gasteiger partial charge in [-0.25, -0.2) is 0 Å². The molecule has 10 heavy (non-hydrogen) atoms. The summed E-state index contributed by atoms with van der Waals surface area (Å²) >= 11 is 7.17. The number of alkyl halides is 1. The van der Waals surface area contributed by atoms with E-state index in [4.69, 9.17) is 0 Å². The third kappa shape index (κ3) is 9.73. The summed E-state index contributed by atoms with van der Waals surface area (Å²) in [6.45, 7) is 0. The highest BCUT2D eigenvalue weighted by Crippen LogP contribution is 2.06. The molecule has 3 heteroatoms. The van der Waals surface area contributed by atoms with Crippen LogP contribution < -0.4 is 0 Å². The number of hydrogen-bond donors (Lipinski definition) is 0. The number of rotatable bonds is 7. The minimum absolute atomic E-state index is 0.178. The zero-order valence-electron chi connectivity index (χ0n) is 6.41. The Kier molecular flexibility index (Phi) is 12.6. The molecule has 0 fully saturated rings. The van der Waals surface area contributed by atoms with Gasteiger partial charge in [0.25, 0.3) is 0 Å². The van der Waals surface area contributed by atoms with Crippen molar-refractivity contribution in [2.75, 3.05) is 5.33 Å². The van der Waals surface area contributed by atoms with Gasteiger partial charge >= 0.3 is 18.2 Å². The first kappa shape index (κ1) is 11.7. The number of hydrogen-bond acceptors (Lipinski definition) is 0. The van der Waals surface area contributed by atoms with Crippen molar-refractivity contribution in [2.24, 2.45) is 0 Å². The molecule has 0 aliphatic rings. The normalized spacial score (nSPS) is 9.40. The topological polar surface area (TPSA) is 0 Å². The van der Waals surface area contributed by atoms with Crippen molar-refractivity contribution >= 4 is 47.0 Å². The van der Waals surface area contributed by atoms with Gasteiger partial charge in [0.1, 0.15) is 0 Å². The standard InChI is InChI=1S/C7H14Br.BrH.Mg/c1-2-3-4-5-6-7-8;;/h1-7H2;1H;/q;;+1/p-1. The summed E-state index contributed by atoms with van der Waals surface area (Å²) in [7, 11) is 0. The molecule has 0 aromatic rings. The molecular weight excluding hydrogens is 268 g/mol. The van der Waals surface area contributed by atoms with Gasteiger partial charge in [0, 0.05) is 5.33 Å². The number of unbranched alkanes of at least 4 members (excludes halogenated alkanes) is 4. The summed E-state index contributed by atoms with van der Waals surface area (Å²) in [5.41, 5.74) is 0. The second kappa shape index (κ2) is 10.7. The molecule has 0 aromatic heterocycles. The molecule has 0 saturated carbocycles. The summed E-state index contributed by atoms with van der Waals surface area (Å²) in [6, 6.07) is 0. The molecule has 0 radical (unpaired) electrons. The van der Waals surface area contributed by atoms with Crippen LogP contribution in [0.5, 0.6) is 0 Å². The van der Waals surface area contributed by atoms with Gasteiger partial charge in [-0.2, -0.15) is 0 Å². The molecule has 0 saturated heterocycles. The fourth-order valence-electron chi connectivity index (χ4n) is 0.896. The molecule has 0 aromatic carbocycles. The maximum absolute atomic E-state index is 3.56. The minimum Gasteiger partial charge on any atom is -0.307 e. The molecular formula is C7H14Br2Mg. The van der Waals surface area contributed by atoms with Crippen LogP contribution in [0.2, 0.25) is 4.55 Å². The molecule has 0 rings (SSSR count). The van der Waals surface area contributed by atoms with E-state index in [0.717, 1.165) is 0 Å². The molecule has 0 bridgehead atoms. The Morgan fingerprint density at radius 2 is 1.50 bits per heavy atom. The van der Waals surface area contributed by atoms with Crippen molar-refractivity contribution in [1.82, 2.24) is 0 Å². The molecule has 0 nitrogen and oxygen atoms in total. The monoisotopic (exact) mass is 280 g/mol. The molecule has 0 atom stereocenters. The van der Waals surface area contributed by atoms with Gasteiger partial charge in [-0.05, 0) is 6.42 Å². The lowest BCUT2D eigenvalue weighted by molar-refractivity contribution is 0.660. The second-order valence-corrected chi connectivity index (χ2v) is 6.76. The van der Waals surface area contributed by atoms with Crippen LogP contribution in [-0.2, 0) is 0 Å². The fourth-order valence-corrected chi connectivity index (χ4v) is 3.02. The van der Waals surface area contributed by atoms with Crippen molar-refractivity contribution in [3.05, 3.63) is 0 Å². The van der Waals surface area contributed by atoms with E-state index in [1.54, 1.807) is 0 Å². The van der Waals surface area contributed by atoms with Crippen molar-refractivity contribution < 1.29 is 0 Å². The van der Waals surface area contributed by atoms with Gasteiger partial charge in [-0.15, -0.1) is 4.55 Å². The fraction of sp³-hybridized carbons (Fsp3) is 1.00. The van der Waals surface area contributed by atoms with Gasteiger partial charge < -0.3 is 12.9 Å². The highest BCUT2D eigenvalue weighted by atomic mass is 79.9. The largest absolute Gasteiger partial charge is 0.468 e. The van der Waals surface area contributed by atoms with E-state index in [-0.39, 0.29) is 18.2 Å². The average Bonchev–Trinajstić information content (AvgIpc) is 1.97. The van der Waals surface area contributed by atoms with E-state index in [1.165, 1.54) is 42.0 Å². The molecule has 0 spiro atoms. The first-order valence-corrected chi connectivity index (χ1v) is 10.1. The maximum Gasteiger partial charge on any atom is 0.468 e. The van der Waals surface area contributed by atoms with E-state index in [2.05, 4.69) is 28.8 Å². The Morgan fingerprint density at radius 3 is 2.10 bits per heavy atom. The van der Waals surface area contributed by atoms with Crippen molar-refractivity contribution in [3.8, 4) is 0 Å². The van der Waals surface area contributed by atoms with Crippen LogP contribution in [0.15, 0.2) is 0 Å². The Morgan fingerprint density at radius 1 is 0.900 bits per heavy atom. The number of halogens is 2. The first-order chi connectivity index (χ1) is 4.91. The predicted octanol–water partition coefficient (Wildman–Crippen LogP) is 3.76. The van der Waals surface area contributed by atoms with E-state index in [1.807, 2.05) is 0 Å². The lowest BCUT2D eigenvalue weighted by Crippen LogP contribution is -1.81. The predicted molar refractivity (Wildman–Crippen MR) is 56.4 cm³/mol. The van der Waals surface area contributed by atoms with Crippen LogP contribution in [0.25, 0.3) is 0 Å². The summed E-state index contributed by atoms with van der Waals surface area (Å²) in [5, 5.41) is 1.18. The van der Waals surface area contributed by atoms with Crippen molar-refractivity contribution in [1.29, 1.82) is 0 Å². The van der Waals surface area contributed by atoms with Crippen LogP contribution in [-0.4, -0.2) is 23.5 Å². The summed E-state index contributed by atoms with van der Waals surface area (Å²) in [6.07, 6.45) is 7.11. The van der Waals surface area contributed by atoms with Crippen molar-refractivity contribution in [2.45, 2.75) is 36.7 Å². The van der Waals surface area contributed by atoms with Crippen LogP contribution in [0.1, 0.15) is 32.1 Å². The average molecular weight is 282 g/mol. The molecule has 0 aliphatic carbocycles. The van der Waals surface area contributed by atoms with Crippen LogP contribution >= 0.6 is 28.8 Å². The van der Waals surface area contributed by atoms with E-state index in [9.17, 15) is 0 Å². The van der Waals surface area contributed by atoms with E-state index >= 15 is 0 Å². The Hall–Kier alpha value is 1.73. The lowest BCUT2D eigenvalue weighted by Gasteiger charge is -1.96. The smallest absolute Gasteiger partial charge is 0.307 e. The van der Waals surface area contributed by atoms with Gasteiger partial charge in [-0.3, -0.25) is 0 Å². The van der Waals surface area contributed by atoms with E-state index < -0.39 is 0 Å². The van der Waals surface area contributed by atoms with Gasteiger partial charge in [-0.1, -0.05) is 41.6 Å². The third-order valence-electron chi connectivity index (χ3n) is 1.52. The minimum atomic E-state index is 0.178. The van der Waals surface area contributed by atoms with Crippen molar-refractivity contribution in [3.63, 3.8) is 0 Å². The van der Waals surface area contributed by atoms with Gasteiger partial charge in [0.05, 0.1) is 0 Å². The SMILES string of the molecule is BrCCCCCC[CH2][Mg][Br]. The molecule has 0 amide bonds. The lowest BCUT2D eigenvalue weighted by atomic mass is 10.2.